The summed E-state index contributed by atoms with van der Waals surface area (Å²) in [6, 6.07) is 0. The molecule has 0 aromatic carbocycles. The topological polar surface area (TPSA) is 0 Å². The Morgan fingerprint density at radius 3 is 2.67 bits per heavy atom. The monoisotopic (exact) mass is 125 g/mol. The summed E-state index contributed by atoms with van der Waals surface area (Å²) in [6.07, 6.45) is 8.06. The molecule has 0 spiro atoms. The maximum Gasteiger partial charge on any atom is -0.0352 e. The lowest BCUT2D eigenvalue weighted by Crippen LogP contribution is -1.80. The van der Waals surface area contributed by atoms with Crippen molar-refractivity contribution >= 4 is 0 Å². The molecule has 0 N–H and O–H groups in total. The Morgan fingerprint density at radius 2 is 2.22 bits per heavy atom. The van der Waals surface area contributed by atoms with Crippen LogP contribution in [-0.4, -0.2) is 0 Å². The average molecular weight is 125 g/mol. The van der Waals surface area contributed by atoms with E-state index in [4.69, 9.17) is 0 Å². The first-order valence-corrected chi connectivity index (χ1v) is 4.18. The van der Waals surface area contributed by atoms with E-state index in [0.29, 0.717) is 0 Å². The largest absolute Gasteiger partial charge is 0.0654 e. The van der Waals surface area contributed by atoms with Gasteiger partial charge in [0, 0.05) is 0 Å². The van der Waals surface area contributed by atoms with Gasteiger partial charge in [-0.1, -0.05) is 26.7 Å². The van der Waals surface area contributed by atoms with E-state index >= 15 is 0 Å². The Kier molecular flexibility index (Phi) is 2.56. The molecule has 1 fully saturated rings. The van der Waals surface area contributed by atoms with Crippen molar-refractivity contribution < 1.29 is 0 Å². The summed E-state index contributed by atoms with van der Waals surface area (Å²) < 4.78 is 0. The summed E-state index contributed by atoms with van der Waals surface area (Å²) in [5, 5.41) is 0. The molecule has 53 valence electrons. The second-order valence-electron chi connectivity index (χ2n) is 3.25. The molecule has 1 aliphatic rings. The Morgan fingerprint density at radius 1 is 1.56 bits per heavy atom. The molecule has 1 rings (SSSR count). The predicted molar refractivity (Wildman–Crippen MR) is 41.1 cm³/mol. The van der Waals surface area contributed by atoms with Crippen LogP contribution in [0.1, 0.15) is 39.5 Å². The number of hydrogen-bond acceptors (Lipinski definition) is 0. The summed E-state index contributed by atoms with van der Waals surface area (Å²) in [7, 11) is 0. The van der Waals surface area contributed by atoms with E-state index in [0.717, 1.165) is 11.8 Å². The third-order valence-corrected chi connectivity index (χ3v) is 2.20. The second-order valence-corrected chi connectivity index (χ2v) is 3.25. The van der Waals surface area contributed by atoms with E-state index in [2.05, 4.69) is 20.3 Å². The molecular formula is C9H17. The van der Waals surface area contributed by atoms with Gasteiger partial charge in [-0.15, -0.1) is 0 Å². The molecule has 0 saturated heterocycles. The van der Waals surface area contributed by atoms with Crippen molar-refractivity contribution in [3.8, 4) is 0 Å². The third-order valence-electron chi connectivity index (χ3n) is 2.20. The normalized spacial score (nSPS) is 32.7. The van der Waals surface area contributed by atoms with Gasteiger partial charge in [-0.2, -0.15) is 0 Å². The Labute approximate surface area is 58.7 Å². The first kappa shape index (κ1) is 7.11. The zero-order valence-corrected chi connectivity index (χ0v) is 6.56. The van der Waals surface area contributed by atoms with Crippen LogP contribution < -0.4 is 0 Å². The molecule has 0 aromatic heterocycles. The van der Waals surface area contributed by atoms with E-state index in [1.54, 1.807) is 0 Å². The number of hydrogen-bond donors (Lipinski definition) is 0. The predicted octanol–water partition coefficient (Wildman–Crippen LogP) is 3.04. The number of unbranched alkanes of at least 4 members (excludes halogenated alkanes) is 2. The van der Waals surface area contributed by atoms with Gasteiger partial charge >= 0.3 is 0 Å². The minimum Gasteiger partial charge on any atom is -0.0654 e. The minimum atomic E-state index is 0.997. The van der Waals surface area contributed by atoms with Crippen molar-refractivity contribution in [2.75, 3.05) is 0 Å². The molecule has 1 saturated carbocycles. The van der Waals surface area contributed by atoms with Crippen molar-refractivity contribution in [2.24, 2.45) is 11.8 Å². The summed E-state index contributed by atoms with van der Waals surface area (Å²) in [5.74, 6) is 2.01. The van der Waals surface area contributed by atoms with Gasteiger partial charge in [0.05, 0.1) is 0 Å². The number of rotatable bonds is 4. The van der Waals surface area contributed by atoms with Crippen molar-refractivity contribution in [3.63, 3.8) is 0 Å². The second kappa shape index (κ2) is 3.24. The van der Waals surface area contributed by atoms with Gasteiger partial charge in [-0.05, 0) is 31.1 Å². The van der Waals surface area contributed by atoms with Crippen LogP contribution in [0.3, 0.4) is 0 Å². The first-order valence-electron chi connectivity index (χ1n) is 4.18. The molecule has 0 amide bonds. The van der Waals surface area contributed by atoms with Gasteiger partial charge in [0.1, 0.15) is 0 Å². The van der Waals surface area contributed by atoms with E-state index < -0.39 is 0 Å². The van der Waals surface area contributed by atoms with E-state index in [9.17, 15) is 0 Å². The molecule has 1 aliphatic carbocycles. The molecule has 0 aliphatic heterocycles. The lowest BCUT2D eigenvalue weighted by atomic mass is 10.1. The van der Waals surface area contributed by atoms with Crippen LogP contribution in [0.15, 0.2) is 0 Å². The standard InChI is InChI=1S/C9H17/c1-3-4-5-6-9-7-8(9)2/h6,8-9H,3-5,7H2,1-2H3. The maximum absolute atomic E-state index is 2.51. The van der Waals surface area contributed by atoms with Crippen LogP contribution in [0.25, 0.3) is 0 Å². The highest BCUT2D eigenvalue weighted by molar-refractivity contribution is 4.92. The Hall–Kier alpha value is 0. The smallest absolute Gasteiger partial charge is 0.0352 e. The van der Waals surface area contributed by atoms with Gasteiger partial charge in [-0.3, -0.25) is 0 Å². The van der Waals surface area contributed by atoms with Crippen molar-refractivity contribution in [1.29, 1.82) is 0 Å². The molecule has 9 heavy (non-hydrogen) atoms. The molecule has 0 bridgehead atoms. The van der Waals surface area contributed by atoms with Crippen LogP contribution in [-0.2, 0) is 0 Å². The quantitative estimate of drug-likeness (QED) is 0.507. The van der Waals surface area contributed by atoms with Crippen molar-refractivity contribution in [2.45, 2.75) is 39.5 Å². The Balaban J connectivity index is 1.83. The summed E-state index contributed by atoms with van der Waals surface area (Å²) in [6.45, 7) is 4.59. The van der Waals surface area contributed by atoms with Crippen LogP contribution in [0, 0.1) is 18.3 Å². The highest BCUT2D eigenvalue weighted by Gasteiger charge is 2.31. The fourth-order valence-corrected chi connectivity index (χ4v) is 1.22. The van der Waals surface area contributed by atoms with Crippen LogP contribution in [0.5, 0.6) is 0 Å². The third kappa shape index (κ3) is 2.38. The molecule has 2 unspecified atom stereocenters. The Bertz CT molecular complexity index is 76.1. The maximum atomic E-state index is 2.51. The summed E-state index contributed by atoms with van der Waals surface area (Å²) in [5.41, 5.74) is 0. The average Bonchev–Trinajstić information content (AvgIpc) is 2.48. The van der Waals surface area contributed by atoms with Crippen molar-refractivity contribution in [3.05, 3.63) is 6.42 Å². The van der Waals surface area contributed by atoms with Gasteiger partial charge < -0.3 is 0 Å². The molecule has 0 heteroatoms. The fraction of sp³-hybridized carbons (Fsp3) is 0.889. The molecule has 1 radical (unpaired) electrons. The minimum absolute atomic E-state index is 0.997. The van der Waals surface area contributed by atoms with Crippen LogP contribution >= 0.6 is 0 Å². The highest BCUT2D eigenvalue weighted by atomic mass is 14.4. The lowest BCUT2D eigenvalue weighted by molar-refractivity contribution is 0.718. The van der Waals surface area contributed by atoms with Crippen molar-refractivity contribution in [1.82, 2.24) is 0 Å². The molecule has 2 atom stereocenters. The van der Waals surface area contributed by atoms with E-state index in [1.165, 1.54) is 25.7 Å². The highest BCUT2D eigenvalue weighted by Crippen LogP contribution is 2.40. The molecule has 0 nitrogen and oxygen atoms in total. The van der Waals surface area contributed by atoms with Crippen LogP contribution in [0.4, 0.5) is 0 Å². The van der Waals surface area contributed by atoms with Gasteiger partial charge in [0.2, 0.25) is 0 Å². The van der Waals surface area contributed by atoms with E-state index in [1.807, 2.05) is 0 Å². The molecule has 0 aromatic rings. The molecular weight excluding hydrogens is 108 g/mol. The first-order chi connectivity index (χ1) is 4.34. The SMILES string of the molecule is CCCC[CH]C1CC1C. The molecule has 0 heterocycles. The van der Waals surface area contributed by atoms with Gasteiger partial charge in [0.15, 0.2) is 0 Å². The zero-order valence-electron chi connectivity index (χ0n) is 6.56. The lowest BCUT2D eigenvalue weighted by Gasteiger charge is -1.93. The summed E-state index contributed by atoms with van der Waals surface area (Å²) >= 11 is 0. The zero-order chi connectivity index (χ0) is 6.69. The van der Waals surface area contributed by atoms with Gasteiger partial charge in [-0.25, -0.2) is 0 Å². The van der Waals surface area contributed by atoms with Crippen LogP contribution in [0.2, 0.25) is 0 Å². The fourth-order valence-electron chi connectivity index (χ4n) is 1.22. The van der Waals surface area contributed by atoms with E-state index in [-0.39, 0.29) is 0 Å². The summed E-state index contributed by atoms with van der Waals surface area (Å²) in [4.78, 5) is 0. The van der Waals surface area contributed by atoms with Gasteiger partial charge in [0.25, 0.3) is 0 Å².